The first kappa shape index (κ1) is 13.8. The maximum Gasteiger partial charge on any atom is 0.145 e. The molecular formula is C14H18ClNO. The lowest BCUT2D eigenvalue weighted by Gasteiger charge is -2.08. The molecule has 1 aromatic heterocycles. The predicted octanol–water partition coefficient (Wildman–Crippen LogP) is 4.54. The highest BCUT2D eigenvalue weighted by Crippen LogP contribution is 2.28. The van der Waals surface area contributed by atoms with Crippen LogP contribution >= 0.6 is 11.6 Å². The van der Waals surface area contributed by atoms with E-state index in [-0.39, 0.29) is 0 Å². The average Bonchev–Trinajstić information content (AvgIpc) is 2.33. The third kappa shape index (κ3) is 2.89. The SMILES string of the molecule is CC.COc1cc(C)cc2cc(Cl)c(C)nc12. The van der Waals surface area contributed by atoms with Crippen molar-refractivity contribution in [2.24, 2.45) is 0 Å². The fraction of sp³-hybridized carbons (Fsp3) is 0.357. The number of pyridine rings is 1. The van der Waals surface area contributed by atoms with Crippen molar-refractivity contribution in [1.29, 1.82) is 0 Å². The molecule has 0 aliphatic rings. The van der Waals surface area contributed by atoms with Crippen LogP contribution in [0, 0.1) is 13.8 Å². The lowest BCUT2D eigenvalue weighted by molar-refractivity contribution is 0.418. The van der Waals surface area contributed by atoms with Gasteiger partial charge in [0.1, 0.15) is 11.3 Å². The van der Waals surface area contributed by atoms with Gasteiger partial charge in [-0.05, 0) is 37.6 Å². The molecule has 0 unspecified atom stereocenters. The van der Waals surface area contributed by atoms with Crippen LogP contribution in [-0.4, -0.2) is 12.1 Å². The molecule has 0 fully saturated rings. The Hall–Kier alpha value is -1.28. The van der Waals surface area contributed by atoms with Crippen LogP contribution in [0.15, 0.2) is 18.2 Å². The average molecular weight is 252 g/mol. The summed E-state index contributed by atoms with van der Waals surface area (Å²) in [5.74, 6) is 0.796. The minimum absolute atomic E-state index is 0.690. The molecule has 0 atom stereocenters. The zero-order chi connectivity index (χ0) is 13.0. The molecule has 0 saturated heterocycles. The first-order chi connectivity index (χ1) is 8.11. The fourth-order valence-corrected chi connectivity index (χ4v) is 1.78. The van der Waals surface area contributed by atoms with Crippen LogP contribution in [0.5, 0.6) is 5.75 Å². The molecule has 2 aromatic rings. The largest absolute Gasteiger partial charge is 0.494 e. The number of hydrogen-bond acceptors (Lipinski definition) is 2. The quantitative estimate of drug-likeness (QED) is 0.742. The summed E-state index contributed by atoms with van der Waals surface area (Å²) in [5, 5.41) is 1.71. The number of nitrogens with zero attached hydrogens (tertiary/aromatic N) is 1. The molecule has 92 valence electrons. The van der Waals surface area contributed by atoms with Gasteiger partial charge in [-0.25, -0.2) is 4.98 Å². The Morgan fingerprint density at radius 1 is 1.12 bits per heavy atom. The van der Waals surface area contributed by atoms with E-state index in [9.17, 15) is 0 Å². The molecule has 0 aliphatic heterocycles. The molecule has 2 nitrogen and oxygen atoms in total. The van der Waals surface area contributed by atoms with E-state index >= 15 is 0 Å². The third-order valence-electron chi connectivity index (χ3n) is 2.38. The summed E-state index contributed by atoms with van der Waals surface area (Å²) in [6, 6.07) is 5.95. The maximum absolute atomic E-state index is 6.03. The second-order valence-electron chi connectivity index (χ2n) is 3.59. The number of rotatable bonds is 1. The molecule has 2 rings (SSSR count). The smallest absolute Gasteiger partial charge is 0.145 e. The minimum atomic E-state index is 0.690. The van der Waals surface area contributed by atoms with Crippen LogP contribution in [0.4, 0.5) is 0 Å². The summed E-state index contributed by atoms with van der Waals surface area (Å²) >= 11 is 6.03. The number of benzene rings is 1. The van der Waals surface area contributed by atoms with Crippen molar-refractivity contribution in [3.63, 3.8) is 0 Å². The Kier molecular flexibility index (Phi) is 4.76. The molecule has 0 N–H and O–H groups in total. The van der Waals surface area contributed by atoms with Crippen molar-refractivity contribution < 1.29 is 4.74 Å². The van der Waals surface area contributed by atoms with E-state index in [1.165, 1.54) is 0 Å². The van der Waals surface area contributed by atoms with Crippen LogP contribution < -0.4 is 4.74 Å². The number of aromatic nitrogens is 1. The molecule has 17 heavy (non-hydrogen) atoms. The first-order valence-corrected chi connectivity index (χ1v) is 6.11. The predicted molar refractivity (Wildman–Crippen MR) is 74.1 cm³/mol. The molecule has 0 amide bonds. The van der Waals surface area contributed by atoms with E-state index < -0.39 is 0 Å². The van der Waals surface area contributed by atoms with Gasteiger partial charge in [0.05, 0.1) is 17.8 Å². The molecule has 0 saturated carbocycles. The zero-order valence-corrected chi connectivity index (χ0v) is 11.7. The summed E-state index contributed by atoms with van der Waals surface area (Å²) in [6.07, 6.45) is 0. The van der Waals surface area contributed by atoms with Gasteiger partial charge in [0, 0.05) is 5.39 Å². The summed E-state index contributed by atoms with van der Waals surface area (Å²) in [7, 11) is 1.65. The minimum Gasteiger partial charge on any atom is -0.494 e. The van der Waals surface area contributed by atoms with Gasteiger partial charge in [0.15, 0.2) is 0 Å². The van der Waals surface area contributed by atoms with E-state index in [2.05, 4.69) is 11.1 Å². The van der Waals surface area contributed by atoms with Crippen molar-refractivity contribution in [1.82, 2.24) is 4.98 Å². The van der Waals surface area contributed by atoms with Gasteiger partial charge in [-0.3, -0.25) is 0 Å². The normalized spacial score (nSPS) is 9.76. The van der Waals surface area contributed by atoms with Gasteiger partial charge < -0.3 is 4.74 Å². The Bertz CT molecular complexity index is 523. The fourth-order valence-electron chi connectivity index (χ4n) is 1.62. The third-order valence-corrected chi connectivity index (χ3v) is 2.76. The number of ether oxygens (including phenoxy) is 1. The van der Waals surface area contributed by atoms with Crippen LogP contribution in [0.1, 0.15) is 25.1 Å². The Balaban J connectivity index is 0.000000686. The highest BCUT2D eigenvalue weighted by molar-refractivity contribution is 6.31. The van der Waals surface area contributed by atoms with E-state index in [4.69, 9.17) is 16.3 Å². The Morgan fingerprint density at radius 3 is 2.35 bits per heavy atom. The van der Waals surface area contributed by atoms with Gasteiger partial charge in [-0.2, -0.15) is 0 Å². The first-order valence-electron chi connectivity index (χ1n) is 5.73. The number of hydrogen-bond donors (Lipinski definition) is 0. The highest BCUT2D eigenvalue weighted by Gasteiger charge is 2.07. The van der Waals surface area contributed by atoms with Gasteiger partial charge in [-0.1, -0.05) is 25.4 Å². The van der Waals surface area contributed by atoms with Gasteiger partial charge in [-0.15, -0.1) is 0 Å². The lowest BCUT2D eigenvalue weighted by Crippen LogP contribution is -1.91. The van der Waals surface area contributed by atoms with Crippen LogP contribution in [0.3, 0.4) is 0 Å². The standard InChI is InChI=1S/C12H12ClNO.C2H6/c1-7-4-9-6-10(13)8(2)14-12(9)11(5-7)15-3;1-2/h4-6H,1-3H3;1-2H3. The summed E-state index contributed by atoms with van der Waals surface area (Å²) in [6.45, 7) is 7.91. The molecule has 0 radical (unpaired) electrons. The zero-order valence-electron chi connectivity index (χ0n) is 11.0. The van der Waals surface area contributed by atoms with Crippen LogP contribution in [0.25, 0.3) is 10.9 Å². The lowest BCUT2D eigenvalue weighted by atomic mass is 10.1. The number of halogens is 1. The second-order valence-corrected chi connectivity index (χ2v) is 4.00. The van der Waals surface area contributed by atoms with Crippen molar-refractivity contribution in [2.45, 2.75) is 27.7 Å². The van der Waals surface area contributed by atoms with Gasteiger partial charge in [0.25, 0.3) is 0 Å². The molecule has 0 spiro atoms. The van der Waals surface area contributed by atoms with E-state index in [1.807, 2.05) is 39.8 Å². The molecule has 1 heterocycles. The maximum atomic E-state index is 6.03. The van der Waals surface area contributed by atoms with Gasteiger partial charge in [0.2, 0.25) is 0 Å². The number of aryl methyl sites for hydroxylation is 2. The Labute approximate surface area is 108 Å². The van der Waals surface area contributed by atoms with Crippen LogP contribution in [-0.2, 0) is 0 Å². The highest BCUT2D eigenvalue weighted by atomic mass is 35.5. The van der Waals surface area contributed by atoms with E-state index in [0.717, 1.165) is 27.9 Å². The molecule has 3 heteroatoms. The Morgan fingerprint density at radius 2 is 1.76 bits per heavy atom. The molecule has 0 bridgehead atoms. The molecule has 1 aromatic carbocycles. The van der Waals surface area contributed by atoms with Crippen LogP contribution in [0.2, 0.25) is 5.02 Å². The molecular weight excluding hydrogens is 234 g/mol. The second kappa shape index (κ2) is 5.87. The van der Waals surface area contributed by atoms with Gasteiger partial charge >= 0.3 is 0 Å². The van der Waals surface area contributed by atoms with E-state index in [1.54, 1.807) is 7.11 Å². The molecule has 0 aliphatic carbocycles. The van der Waals surface area contributed by atoms with Crippen molar-refractivity contribution in [3.05, 3.63) is 34.5 Å². The van der Waals surface area contributed by atoms with E-state index in [0.29, 0.717) is 5.02 Å². The number of methoxy groups -OCH3 is 1. The summed E-state index contributed by atoms with van der Waals surface area (Å²) in [5.41, 5.74) is 2.83. The number of fused-ring (bicyclic) bond motifs is 1. The van der Waals surface area contributed by atoms with Crippen molar-refractivity contribution in [3.8, 4) is 5.75 Å². The summed E-state index contributed by atoms with van der Waals surface area (Å²) in [4.78, 5) is 4.43. The topological polar surface area (TPSA) is 22.1 Å². The summed E-state index contributed by atoms with van der Waals surface area (Å²) < 4.78 is 5.30. The van der Waals surface area contributed by atoms with Crippen molar-refractivity contribution in [2.75, 3.05) is 7.11 Å². The monoisotopic (exact) mass is 251 g/mol. The van der Waals surface area contributed by atoms with Crippen molar-refractivity contribution >= 4 is 22.5 Å².